The highest BCUT2D eigenvalue weighted by atomic mass is 16.3. The minimum Gasteiger partial charge on any atom is -0.441 e. The van der Waals surface area contributed by atoms with Gasteiger partial charge in [0.25, 0.3) is 0 Å². The molecule has 1 aromatic heterocycles. The molecule has 0 aliphatic carbocycles. The molecule has 0 atom stereocenters. The summed E-state index contributed by atoms with van der Waals surface area (Å²) in [6.07, 6.45) is 0. The van der Waals surface area contributed by atoms with Crippen molar-refractivity contribution in [3.63, 3.8) is 0 Å². The topological polar surface area (TPSA) is 38.1 Å². The molecule has 72 valence electrons. The van der Waals surface area contributed by atoms with Gasteiger partial charge in [-0.3, -0.25) is 0 Å². The van der Waals surface area contributed by atoms with Crippen molar-refractivity contribution in [3.8, 4) is 0 Å². The van der Waals surface area contributed by atoms with Crippen molar-refractivity contribution in [2.75, 3.05) is 13.1 Å². The summed E-state index contributed by atoms with van der Waals surface area (Å²) in [5.41, 5.74) is 3.22. The zero-order chi connectivity index (χ0) is 9.54. The Balaban J connectivity index is 2.09. The Morgan fingerprint density at radius 1 is 1.43 bits per heavy atom. The second-order valence-corrected chi connectivity index (χ2v) is 3.82. The largest absolute Gasteiger partial charge is 0.441 e. The smallest absolute Gasteiger partial charge is 0.192 e. The molecule has 1 aromatic carbocycles. The Kier molecular flexibility index (Phi) is 1.61. The van der Waals surface area contributed by atoms with Crippen LogP contribution in [0.1, 0.15) is 17.4 Å². The van der Waals surface area contributed by atoms with E-state index < -0.39 is 0 Å². The number of rotatable bonds is 1. The van der Waals surface area contributed by atoms with E-state index in [0.29, 0.717) is 5.92 Å². The van der Waals surface area contributed by atoms with Gasteiger partial charge >= 0.3 is 0 Å². The van der Waals surface area contributed by atoms with Crippen LogP contribution in [0.2, 0.25) is 0 Å². The molecule has 3 rings (SSSR count). The Hall–Kier alpha value is -1.35. The van der Waals surface area contributed by atoms with E-state index in [1.165, 1.54) is 5.56 Å². The van der Waals surface area contributed by atoms with Crippen molar-refractivity contribution in [2.24, 2.45) is 0 Å². The minimum atomic E-state index is 0.657. The van der Waals surface area contributed by atoms with E-state index in [4.69, 9.17) is 4.42 Å². The van der Waals surface area contributed by atoms with Crippen LogP contribution in [-0.2, 0) is 0 Å². The van der Waals surface area contributed by atoms with Gasteiger partial charge in [0.15, 0.2) is 11.5 Å². The van der Waals surface area contributed by atoms with Gasteiger partial charge < -0.3 is 9.73 Å². The van der Waals surface area contributed by atoms with E-state index in [1.54, 1.807) is 0 Å². The fraction of sp³-hybridized carbons (Fsp3) is 0.364. The molecule has 0 amide bonds. The predicted octanol–water partition coefficient (Wildman–Crippen LogP) is 1.82. The average molecular weight is 188 g/mol. The van der Waals surface area contributed by atoms with Crippen molar-refractivity contribution in [1.29, 1.82) is 0 Å². The lowest BCUT2D eigenvalue weighted by Crippen LogP contribution is -2.39. The van der Waals surface area contributed by atoms with E-state index in [2.05, 4.69) is 22.4 Å². The van der Waals surface area contributed by atoms with Crippen LogP contribution in [-0.4, -0.2) is 18.1 Å². The van der Waals surface area contributed by atoms with Crippen LogP contribution in [0, 0.1) is 6.92 Å². The zero-order valence-electron chi connectivity index (χ0n) is 8.08. The number of nitrogens with one attached hydrogen (secondary N) is 1. The number of hydrogen-bond acceptors (Lipinski definition) is 3. The second-order valence-electron chi connectivity index (χ2n) is 3.82. The monoisotopic (exact) mass is 188 g/mol. The SMILES string of the molecule is Cc1nc2ccc(C3CNC3)cc2o1. The lowest BCUT2D eigenvalue weighted by molar-refractivity contribution is 0.448. The Morgan fingerprint density at radius 3 is 3.00 bits per heavy atom. The van der Waals surface area contributed by atoms with Crippen LogP contribution in [0.5, 0.6) is 0 Å². The van der Waals surface area contributed by atoms with Gasteiger partial charge in [0, 0.05) is 25.9 Å². The normalized spacial score (nSPS) is 17.2. The third-order valence-corrected chi connectivity index (χ3v) is 2.77. The summed E-state index contributed by atoms with van der Waals surface area (Å²) in [6, 6.07) is 6.30. The number of nitrogens with zero attached hydrogens (tertiary/aromatic N) is 1. The molecule has 1 aliphatic heterocycles. The summed E-state index contributed by atoms with van der Waals surface area (Å²) in [4.78, 5) is 4.28. The van der Waals surface area contributed by atoms with Gasteiger partial charge in [-0.2, -0.15) is 0 Å². The van der Waals surface area contributed by atoms with Crippen LogP contribution < -0.4 is 5.32 Å². The third-order valence-electron chi connectivity index (χ3n) is 2.77. The summed E-state index contributed by atoms with van der Waals surface area (Å²) in [5.74, 6) is 1.40. The minimum absolute atomic E-state index is 0.657. The Morgan fingerprint density at radius 2 is 2.29 bits per heavy atom. The van der Waals surface area contributed by atoms with Gasteiger partial charge in [0.2, 0.25) is 0 Å². The Bertz CT molecular complexity index is 471. The molecule has 14 heavy (non-hydrogen) atoms. The lowest BCUT2D eigenvalue weighted by atomic mass is 9.94. The van der Waals surface area contributed by atoms with Crippen LogP contribution in [0.15, 0.2) is 22.6 Å². The van der Waals surface area contributed by atoms with Gasteiger partial charge in [-0.1, -0.05) is 6.07 Å². The highest BCUT2D eigenvalue weighted by Gasteiger charge is 2.19. The second kappa shape index (κ2) is 2.82. The van der Waals surface area contributed by atoms with Gasteiger partial charge in [0.1, 0.15) is 5.52 Å². The first-order chi connectivity index (χ1) is 6.83. The van der Waals surface area contributed by atoms with E-state index in [0.717, 1.165) is 30.1 Å². The van der Waals surface area contributed by atoms with Crippen molar-refractivity contribution >= 4 is 11.1 Å². The molecule has 3 heteroatoms. The number of hydrogen-bond donors (Lipinski definition) is 1. The molecule has 3 nitrogen and oxygen atoms in total. The maximum absolute atomic E-state index is 5.50. The first-order valence-electron chi connectivity index (χ1n) is 4.91. The molecule has 0 spiro atoms. The summed E-state index contributed by atoms with van der Waals surface area (Å²) in [7, 11) is 0. The third kappa shape index (κ3) is 1.13. The van der Waals surface area contributed by atoms with E-state index >= 15 is 0 Å². The molecule has 0 bridgehead atoms. The number of aryl methyl sites for hydroxylation is 1. The quantitative estimate of drug-likeness (QED) is 0.741. The Labute approximate surface area is 82.1 Å². The van der Waals surface area contributed by atoms with Crippen molar-refractivity contribution in [1.82, 2.24) is 10.3 Å². The summed E-state index contributed by atoms with van der Waals surface area (Å²) in [5, 5.41) is 3.27. The molecule has 2 aromatic rings. The zero-order valence-corrected chi connectivity index (χ0v) is 8.08. The van der Waals surface area contributed by atoms with Crippen LogP contribution >= 0.6 is 0 Å². The predicted molar refractivity (Wildman–Crippen MR) is 54.4 cm³/mol. The van der Waals surface area contributed by atoms with Crippen LogP contribution in [0.4, 0.5) is 0 Å². The van der Waals surface area contributed by atoms with E-state index in [1.807, 2.05) is 13.0 Å². The molecule has 0 radical (unpaired) electrons. The molecule has 1 fully saturated rings. The molecule has 1 aliphatic rings. The molecule has 1 N–H and O–H groups in total. The maximum Gasteiger partial charge on any atom is 0.192 e. The molecule has 0 saturated carbocycles. The first-order valence-corrected chi connectivity index (χ1v) is 4.91. The van der Waals surface area contributed by atoms with Gasteiger partial charge in [-0.25, -0.2) is 4.98 Å². The fourth-order valence-electron chi connectivity index (χ4n) is 1.83. The maximum atomic E-state index is 5.50. The molecule has 1 saturated heterocycles. The molecule has 2 heterocycles. The molecular weight excluding hydrogens is 176 g/mol. The fourth-order valence-corrected chi connectivity index (χ4v) is 1.83. The highest BCUT2D eigenvalue weighted by molar-refractivity contribution is 5.73. The van der Waals surface area contributed by atoms with Gasteiger partial charge in [0.05, 0.1) is 0 Å². The number of oxazole rings is 1. The lowest BCUT2D eigenvalue weighted by Gasteiger charge is -2.27. The van der Waals surface area contributed by atoms with Crippen molar-refractivity contribution in [3.05, 3.63) is 29.7 Å². The van der Waals surface area contributed by atoms with Gasteiger partial charge in [-0.05, 0) is 17.7 Å². The molecule has 0 unspecified atom stereocenters. The van der Waals surface area contributed by atoms with Crippen LogP contribution in [0.3, 0.4) is 0 Å². The summed E-state index contributed by atoms with van der Waals surface area (Å²) in [6.45, 7) is 4.04. The van der Waals surface area contributed by atoms with Gasteiger partial charge in [-0.15, -0.1) is 0 Å². The first kappa shape index (κ1) is 8.00. The number of benzene rings is 1. The number of aromatic nitrogens is 1. The highest BCUT2D eigenvalue weighted by Crippen LogP contribution is 2.24. The van der Waals surface area contributed by atoms with E-state index in [9.17, 15) is 0 Å². The number of fused-ring (bicyclic) bond motifs is 1. The summed E-state index contributed by atoms with van der Waals surface area (Å²) < 4.78 is 5.50. The van der Waals surface area contributed by atoms with Crippen molar-refractivity contribution in [2.45, 2.75) is 12.8 Å². The van der Waals surface area contributed by atoms with E-state index in [-0.39, 0.29) is 0 Å². The van der Waals surface area contributed by atoms with Crippen LogP contribution in [0.25, 0.3) is 11.1 Å². The average Bonchev–Trinajstić information content (AvgIpc) is 2.40. The standard InChI is InChI=1S/C11H12N2O/c1-7-13-10-3-2-8(4-11(10)14-7)9-5-12-6-9/h2-4,9,12H,5-6H2,1H3. The summed E-state index contributed by atoms with van der Waals surface area (Å²) >= 11 is 0. The van der Waals surface area contributed by atoms with Crippen molar-refractivity contribution < 1.29 is 4.42 Å². The molecular formula is C11H12N2O.